The van der Waals surface area contributed by atoms with Crippen molar-refractivity contribution in [2.24, 2.45) is 5.92 Å². The minimum Gasteiger partial charge on any atom is -0.493 e. The second kappa shape index (κ2) is 7.05. The third kappa shape index (κ3) is 3.43. The van der Waals surface area contributed by atoms with Crippen LogP contribution in [0.1, 0.15) is 36.0 Å². The molecule has 1 atom stereocenters. The highest BCUT2D eigenvalue weighted by molar-refractivity contribution is 5.96. The number of benzene rings is 1. The Morgan fingerprint density at radius 2 is 2.00 bits per heavy atom. The predicted octanol–water partition coefficient (Wildman–Crippen LogP) is 1.60. The van der Waals surface area contributed by atoms with Gasteiger partial charge in [0.2, 0.25) is 11.7 Å². The van der Waals surface area contributed by atoms with Crippen LogP contribution in [0.5, 0.6) is 17.2 Å². The number of hydrogen-bond acceptors (Lipinski definition) is 5. The molecule has 7 heteroatoms. The van der Waals surface area contributed by atoms with E-state index in [1.165, 1.54) is 0 Å². The van der Waals surface area contributed by atoms with Crippen molar-refractivity contribution in [3.63, 3.8) is 0 Å². The van der Waals surface area contributed by atoms with Gasteiger partial charge >= 0.3 is 0 Å². The zero-order valence-corrected chi connectivity index (χ0v) is 15.0. The van der Waals surface area contributed by atoms with E-state index in [2.05, 4.69) is 5.32 Å². The first-order chi connectivity index (χ1) is 12.7. The van der Waals surface area contributed by atoms with E-state index >= 15 is 0 Å². The van der Waals surface area contributed by atoms with Crippen LogP contribution in [0.15, 0.2) is 12.1 Å². The third-order valence-electron chi connectivity index (χ3n) is 5.08. The molecule has 3 aliphatic rings. The van der Waals surface area contributed by atoms with Crippen molar-refractivity contribution >= 4 is 11.8 Å². The number of amides is 2. The molecule has 7 nitrogen and oxygen atoms in total. The topological polar surface area (TPSA) is 77.1 Å². The Balaban J connectivity index is 1.50. The highest BCUT2D eigenvalue weighted by atomic mass is 16.6. The molecule has 1 aliphatic carbocycles. The summed E-state index contributed by atoms with van der Waals surface area (Å²) in [6, 6.07) is 3.73. The summed E-state index contributed by atoms with van der Waals surface area (Å²) in [5, 5.41) is 3.05. The number of nitrogens with one attached hydrogen (secondary N) is 1. The van der Waals surface area contributed by atoms with Crippen LogP contribution in [-0.4, -0.2) is 56.2 Å². The van der Waals surface area contributed by atoms with Crippen molar-refractivity contribution in [2.45, 2.75) is 31.7 Å². The number of carbonyl (C=O) groups excluding carboxylic acids is 2. The van der Waals surface area contributed by atoms with Gasteiger partial charge in [-0.2, -0.15) is 0 Å². The Kier molecular flexibility index (Phi) is 4.61. The summed E-state index contributed by atoms with van der Waals surface area (Å²) in [5.41, 5.74) is 0.495. The number of rotatable bonds is 4. The van der Waals surface area contributed by atoms with Crippen LogP contribution in [0.2, 0.25) is 0 Å². The summed E-state index contributed by atoms with van der Waals surface area (Å²) in [6.45, 7) is 2.01. The molecule has 1 saturated carbocycles. The minimum atomic E-state index is -0.132. The van der Waals surface area contributed by atoms with Crippen molar-refractivity contribution in [3.05, 3.63) is 17.7 Å². The molecular weight excluding hydrogens is 336 g/mol. The molecule has 2 aliphatic heterocycles. The van der Waals surface area contributed by atoms with E-state index in [-0.39, 0.29) is 17.7 Å². The molecule has 2 amide bonds. The number of carbonyl (C=O) groups is 2. The molecule has 2 heterocycles. The lowest BCUT2D eigenvalue weighted by molar-refractivity contribution is -0.126. The second-order valence-corrected chi connectivity index (χ2v) is 7.08. The summed E-state index contributed by atoms with van der Waals surface area (Å²) in [4.78, 5) is 27.1. The van der Waals surface area contributed by atoms with Gasteiger partial charge in [-0.15, -0.1) is 0 Å². The van der Waals surface area contributed by atoms with Crippen LogP contribution >= 0.6 is 0 Å². The SMILES string of the molecule is COc1cc(C(=O)N2CCCC(C(=O)NC3CC3)C2)cc2c1OCCO2. The van der Waals surface area contributed by atoms with E-state index in [0.717, 1.165) is 25.7 Å². The van der Waals surface area contributed by atoms with Crippen molar-refractivity contribution in [2.75, 3.05) is 33.4 Å². The molecule has 4 rings (SSSR count). The molecule has 0 bridgehead atoms. The first-order valence-corrected chi connectivity index (χ1v) is 9.23. The van der Waals surface area contributed by atoms with Crippen molar-refractivity contribution in [1.29, 1.82) is 0 Å². The van der Waals surface area contributed by atoms with Crippen LogP contribution in [0.25, 0.3) is 0 Å². The Bertz CT molecular complexity index is 699. The summed E-state index contributed by atoms with van der Waals surface area (Å²) >= 11 is 0. The average molecular weight is 360 g/mol. The van der Waals surface area contributed by atoms with Gasteiger partial charge in [-0.05, 0) is 37.8 Å². The maximum atomic E-state index is 13.0. The van der Waals surface area contributed by atoms with Gasteiger partial charge in [0.25, 0.3) is 5.91 Å². The Hall–Kier alpha value is -2.44. The normalized spacial score (nSPS) is 21.9. The van der Waals surface area contributed by atoms with Crippen LogP contribution in [-0.2, 0) is 4.79 Å². The maximum Gasteiger partial charge on any atom is 0.254 e. The summed E-state index contributed by atoms with van der Waals surface area (Å²) < 4.78 is 16.6. The number of nitrogens with zero attached hydrogens (tertiary/aromatic N) is 1. The van der Waals surface area contributed by atoms with Crippen molar-refractivity contribution in [1.82, 2.24) is 10.2 Å². The van der Waals surface area contributed by atoms with Crippen LogP contribution < -0.4 is 19.5 Å². The van der Waals surface area contributed by atoms with E-state index in [1.54, 1.807) is 24.1 Å². The lowest BCUT2D eigenvalue weighted by Crippen LogP contribution is -2.45. The van der Waals surface area contributed by atoms with Gasteiger partial charge in [0, 0.05) is 24.7 Å². The van der Waals surface area contributed by atoms with Crippen molar-refractivity contribution < 1.29 is 23.8 Å². The average Bonchev–Trinajstić information content (AvgIpc) is 3.50. The van der Waals surface area contributed by atoms with Crippen LogP contribution in [0.3, 0.4) is 0 Å². The molecular formula is C19H24N2O5. The predicted molar refractivity (Wildman–Crippen MR) is 93.8 cm³/mol. The number of hydrogen-bond donors (Lipinski definition) is 1. The lowest BCUT2D eigenvalue weighted by Gasteiger charge is -2.32. The maximum absolute atomic E-state index is 13.0. The number of piperidine rings is 1. The van der Waals surface area contributed by atoms with Crippen molar-refractivity contribution in [3.8, 4) is 17.2 Å². The molecule has 1 N–H and O–H groups in total. The molecule has 1 unspecified atom stereocenters. The van der Waals surface area contributed by atoms with Crippen LogP contribution in [0.4, 0.5) is 0 Å². The standard InChI is InChI=1S/C19H24N2O5/c1-24-15-9-13(10-16-17(15)26-8-7-25-16)19(23)21-6-2-3-12(11-21)18(22)20-14-4-5-14/h9-10,12,14H,2-8,11H2,1H3,(H,20,22). The Labute approximate surface area is 152 Å². The number of likely N-dealkylation sites (tertiary alicyclic amines) is 1. The fourth-order valence-electron chi connectivity index (χ4n) is 3.50. The first kappa shape index (κ1) is 17.0. The molecule has 140 valence electrons. The smallest absolute Gasteiger partial charge is 0.254 e. The fourth-order valence-corrected chi connectivity index (χ4v) is 3.50. The second-order valence-electron chi connectivity index (χ2n) is 7.08. The van der Waals surface area contributed by atoms with E-state index < -0.39 is 0 Å². The summed E-state index contributed by atoms with van der Waals surface area (Å²) in [7, 11) is 1.54. The minimum absolute atomic E-state index is 0.0738. The molecule has 2 fully saturated rings. The lowest BCUT2D eigenvalue weighted by atomic mass is 9.96. The van der Waals surface area contributed by atoms with E-state index in [0.29, 0.717) is 55.2 Å². The molecule has 1 saturated heterocycles. The largest absolute Gasteiger partial charge is 0.493 e. The molecule has 0 spiro atoms. The third-order valence-corrected chi connectivity index (χ3v) is 5.08. The monoisotopic (exact) mass is 360 g/mol. The van der Waals surface area contributed by atoms with Gasteiger partial charge in [0.1, 0.15) is 13.2 Å². The van der Waals surface area contributed by atoms with E-state index in [4.69, 9.17) is 14.2 Å². The zero-order valence-electron chi connectivity index (χ0n) is 15.0. The van der Waals surface area contributed by atoms with Gasteiger partial charge in [-0.3, -0.25) is 9.59 Å². The number of ether oxygens (including phenoxy) is 3. The van der Waals surface area contributed by atoms with Gasteiger partial charge in [-0.1, -0.05) is 0 Å². The Morgan fingerprint density at radius 1 is 1.19 bits per heavy atom. The van der Waals surface area contributed by atoms with Gasteiger partial charge in [0.05, 0.1) is 13.0 Å². The van der Waals surface area contributed by atoms with Gasteiger partial charge in [-0.25, -0.2) is 0 Å². The molecule has 26 heavy (non-hydrogen) atoms. The van der Waals surface area contributed by atoms with Gasteiger partial charge < -0.3 is 24.4 Å². The summed E-state index contributed by atoms with van der Waals surface area (Å²) in [5.74, 6) is 1.39. The fraction of sp³-hybridized carbons (Fsp3) is 0.579. The highest BCUT2D eigenvalue weighted by Crippen LogP contribution is 2.40. The molecule has 0 radical (unpaired) electrons. The molecule has 1 aromatic carbocycles. The zero-order chi connectivity index (χ0) is 18.1. The first-order valence-electron chi connectivity index (χ1n) is 9.23. The molecule has 0 aromatic heterocycles. The van der Waals surface area contributed by atoms with E-state index in [1.807, 2.05) is 0 Å². The Morgan fingerprint density at radius 3 is 2.77 bits per heavy atom. The number of fused-ring (bicyclic) bond motifs is 1. The molecule has 1 aromatic rings. The number of methoxy groups -OCH3 is 1. The van der Waals surface area contributed by atoms with Gasteiger partial charge in [0.15, 0.2) is 11.5 Å². The quantitative estimate of drug-likeness (QED) is 0.883. The van der Waals surface area contributed by atoms with Crippen LogP contribution in [0, 0.1) is 5.92 Å². The summed E-state index contributed by atoms with van der Waals surface area (Å²) in [6.07, 6.45) is 3.79. The highest BCUT2D eigenvalue weighted by Gasteiger charge is 2.33. The van der Waals surface area contributed by atoms with E-state index in [9.17, 15) is 9.59 Å².